The first kappa shape index (κ1) is 13.9. The summed E-state index contributed by atoms with van der Waals surface area (Å²) in [6.07, 6.45) is 7.64. The number of nitrogens with one attached hydrogen (secondary N) is 1. The Morgan fingerprint density at radius 1 is 1.35 bits per heavy atom. The van der Waals surface area contributed by atoms with Gasteiger partial charge in [0, 0.05) is 12.5 Å². The molecule has 0 aromatic heterocycles. The van der Waals surface area contributed by atoms with Crippen LogP contribution in [0.4, 0.5) is 0 Å². The highest BCUT2D eigenvalue weighted by Crippen LogP contribution is 2.35. The highest BCUT2D eigenvalue weighted by atomic mass is 16.5. The lowest BCUT2D eigenvalue weighted by atomic mass is 9.75. The number of hydrogen-bond donors (Lipinski definition) is 1. The van der Waals surface area contributed by atoms with E-state index in [4.69, 9.17) is 4.74 Å². The van der Waals surface area contributed by atoms with E-state index in [0.717, 1.165) is 37.8 Å². The van der Waals surface area contributed by atoms with Crippen molar-refractivity contribution >= 4 is 0 Å². The summed E-state index contributed by atoms with van der Waals surface area (Å²) in [5.41, 5.74) is 3.36. The zero-order valence-electron chi connectivity index (χ0n) is 12.9. The van der Waals surface area contributed by atoms with Gasteiger partial charge in [0.2, 0.25) is 0 Å². The quantitative estimate of drug-likeness (QED) is 0.902. The fourth-order valence-electron chi connectivity index (χ4n) is 3.69. The van der Waals surface area contributed by atoms with Crippen LogP contribution in [0.25, 0.3) is 0 Å². The Morgan fingerprint density at radius 2 is 2.25 bits per heavy atom. The number of rotatable bonds is 4. The molecule has 1 aliphatic carbocycles. The van der Waals surface area contributed by atoms with Crippen LogP contribution in [0.15, 0.2) is 18.2 Å². The van der Waals surface area contributed by atoms with E-state index in [0.29, 0.717) is 5.41 Å². The molecule has 1 saturated carbocycles. The minimum absolute atomic E-state index is 0.529. The normalized spacial score (nSPS) is 24.2. The van der Waals surface area contributed by atoms with Gasteiger partial charge in [-0.05, 0) is 54.8 Å². The third-order valence-electron chi connectivity index (χ3n) is 4.81. The first-order valence-corrected chi connectivity index (χ1v) is 8.10. The molecule has 1 N–H and O–H groups in total. The molecule has 110 valence electrons. The molecular formula is C18H27NO. The van der Waals surface area contributed by atoms with E-state index in [1.807, 2.05) is 0 Å². The average molecular weight is 273 g/mol. The standard InChI is InChI=1S/C18H27NO/c1-18(2)9-3-4-16(13-18)19-10-7-14-5-6-17-15(12-14)8-11-20-17/h5-6,12,16,19H,3-4,7-11,13H2,1-2H3. The van der Waals surface area contributed by atoms with Crippen LogP contribution in [0.5, 0.6) is 5.75 Å². The van der Waals surface area contributed by atoms with E-state index in [-0.39, 0.29) is 0 Å². The Morgan fingerprint density at radius 3 is 3.10 bits per heavy atom. The van der Waals surface area contributed by atoms with E-state index in [9.17, 15) is 0 Å². The Hall–Kier alpha value is -1.02. The van der Waals surface area contributed by atoms with E-state index in [1.54, 1.807) is 0 Å². The molecule has 2 nitrogen and oxygen atoms in total. The van der Waals surface area contributed by atoms with Crippen molar-refractivity contribution in [2.45, 2.75) is 58.4 Å². The van der Waals surface area contributed by atoms with E-state index in [2.05, 4.69) is 37.4 Å². The van der Waals surface area contributed by atoms with Gasteiger partial charge in [-0.1, -0.05) is 32.4 Å². The molecule has 0 bridgehead atoms. The summed E-state index contributed by atoms with van der Waals surface area (Å²) in [7, 11) is 0. The van der Waals surface area contributed by atoms with Gasteiger partial charge in [0.25, 0.3) is 0 Å². The summed E-state index contributed by atoms with van der Waals surface area (Å²) < 4.78 is 5.56. The molecule has 2 aliphatic rings. The number of ether oxygens (including phenoxy) is 1. The van der Waals surface area contributed by atoms with Gasteiger partial charge in [0.05, 0.1) is 6.61 Å². The lowest BCUT2D eigenvalue weighted by Crippen LogP contribution is -2.38. The fraction of sp³-hybridized carbons (Fsp3) is 0.667. The zero-order valence-corrected chi connectivity index (χ0v) is 12.9. The first-order valence-electron chi connectivity index (χ1n) is 8.10. The van der Waals surface area contributed by atoms with Crippen molar-refractivity contribution in [1.82, 2.24) is 5.32 Å². The summed E-state index contributed by atoms with van der Waals surface area (Å²) >= 11 is 0. The summed E-state index contributed by atoms with van der Waals surface area (Å²) in [4.78, 5) is 0. The van der Waals surface area contributed by atoms with Gasteiger partial charge < -0.3 is 10.1 Å². The number of benzene rings is 1. The smallest absolute Gasteiger partial charge is 0.122 e. The lowest BCUT2D eigenvalue weighted by molar-refractivity contribution is 0.199. The summed E-state index contributed by atoms with van der Waals surface area (Å²) in [5.74, 6) is 1.09. The maximum atomic E-state index is 5.56. The Labute approximate surface area is 122 Å². The van der Waals surface area contributed by atoms with Crippen LogP contribution in [-0.2, 0) is 12.8 Å². The van der Waals surface area contributed by atoms with Crippen molar-refractivity contribution in [3.63, 3.8) is 0 Å². The Bertz CT molecular complexity index is 466. The third-order valence-corrected chi connectivity index (χ3v) is 4.81. The molecule has 1 aliphatic heterocycles. The van der Waals surface area contributed by atoms with Crippen molar-refractivity contribution in [2.75, 3.05) is 13.2 Å². The molecular weight excluding hydrogens is 246 g/mol. The Kier molecular flexibility index (Phi) is 4.02. The largest absolute Gasteiger partial charge is 0.493 e. The van der Waals surface area contributed by atoms with E-state index in [1.165, 1.54) is 36.8 Å². The van der Waals surface area contributed by atoms with Gasteiger partial charge in [-0.15, -0.1) is 0 Å². The molecule has 1 atom stereocenters. The number of fused-ring (bicyclic) bond motifs is 1. The van der Waals surface area contributed by atoms with Crippen molar-refractivity contribution in [2.24, 2.45) is 5.41 Å². The van der Waals surface area contributed by atoms with Gasteiger partial charge >= 0.3 is 0 Å². The topological polar surface area (TPSA) is 21.3 Å². The van der Waals surface area contributed by atoms with Gasteiger partial charge in [-0.3, -0.25) is 0 Å². The molecule has 20 heavy (non-hydrogen) atoms. The number of hydrogen-bond acceptors (Lipinski definition) is 2. The van der Waals surface area contributed by atoms with Gasteiger partial charge in [-0.2, -0.15) is 0 Å². The van der Waals surface area contributed by atoms with Crippen molar-refractivity contribution in [3.05, 3.63) is 29.3 Å². The highest BCUT2D eigenvalue weighted by molar-refractivity contribution is 5.39. The van der Waals surface area contributed by atoms with Crippen molar-refractivity contribution in [3.8, 4) is 5.75 Å². The zero-order chi connectivity index (χ0) is 14.0. The summed E-state index contributed by atoms with van der Waals surface area (Å²) in [6, 6.07) is 7.41. The molecule has 0 saturated heterocycles. The SMILES string of the molecule is CC1(C)CCCC(NCCc2ccc3c(c2)CCO3)C1. The van der Waals surface area contributed by atoms with Crippen LogP contribution >= 0.6 is 0 Å². The predicted octanol–water partition coefficient (Wildman–Crippen LogP) is 3.72. The minimum Gasteiger partial charge on any atom is -0.493 e. The molecule has 0 radical (unpaired) electrons. The molecule has 1 unspecified atom stereocenters. The molecule has 1 aromatic carbocycles. The van der Waals surface area contributed by atoms with E-state index < -0.39 is 0 Å². The molecule has 2 heteroatoms. The maximum absolute atomic E-state index is 5.56. The molecule has 1 aromatic rings. The monoisotopic (exact) mass is 273 g/mol. The second-order valence-electron chi connectivity index (χ2n) is 7.20. The first-order chi connectivity index (χ1) is 9.62. The minimum atomic E-state index is 0.529. The van der Waals surface area contributed by atoms with Crippen molar-refractivity contribution in [1.29, 1.82) is 0 Å². The summed E-state index contributed by atoms with van der Waals surface area (Å²) in [6.45, 7) is 6.76. The fourth-order valence-corrected chi connectivity index (χ4v) is 3.69. The van der Waals surface area contributed by atoms with Crippen LogP contribution in [-0.4, -0.2) is 19.2 Å². The molecule has 1 fully saturated rings. The van der Waals surface area contributed by atoms with Crippen LogP contribution < -0.4 is 10.1 Å². The van der Waals surface area contributed by atoms with E-state index >= 15 is 0 Å². The van der Waals surface area contributed by atoms with Crippen molar-refractivity contribution < 1.29 is 4.74 Å². The Balaban J connectivity index is 1.48. The molecule has 0 spiro atoms. The molecule has 0 amide bonds. The van der Waals surface area contributed by atoms with Gasteiger partial charge in [0.1, 0.15) is 5.75 Å². The van der Waals surface area contributed by atoms with Crippen LogP contribution in [0.3, 0.4) is 0 Å². The van der Waals surface area contributed by atoms with Gasteiger partial charge in [-0.25, -0.2) is 0 Å². The lowest BCUT2D eigenvalue weighted by Gasteiger charge is -2.35. The third kappa shape index (κ3) is 3.35. The van der Waals surface area contributed by atoms with Crippen LogP contribution in [0.1, 0.15) is 50.7 Å². The predicted molar refractivity (Wildman–Crippen MR) is 83.4 cm³/mol. The highest BCUT2D eigenvalue weighted by Gasteiger charge is 2.27. The molecule has 3 rings (SSSR count). The maximum Gasteiger partial charge on any atom is 0.122 e. The second kappa shape index (κ2) is 5.77. The summed E-state index contributed by atoms with van der Waals surface area (Å²) in [5, 5.41) is 3.76. The van der Waals surface area contributed by atoms with Gasteiger partial charge in [0.15, 0.2) is 0 Å². The average Bonchev–Trinajstić information content (AvgIpc) is 2.85. The molecule has 1 heterocycles. The second-order valence-corrected chi connectivity index (χ2v) is 7.20. The van der Waals surface area contributed by atoms with Crippen LogP contribution in [0.2, 0.25) is 0 Å². The van der Waals surface area contributed by atoms with Crippen LogP contribution in [0, 0.1) is 5.41 Å².